The average molecular weight is 488 g/mol. The molecule has 4 aromatic rings. The second kappa shape index (κ2) is 9.94. The predicted octanol–water partition coefficient (Wildman–Crippen LogP) is 2.09. The quantitative estimate of drug-likeness (QED) is 0.415. The number of rotatable bonds is 6. The number of hydrogen-bond donors (Lipinski definition) is 0. The van der Waals surface area contributed by atoms with Gasteiger partial charge in [-0.05, 0) is 25.0 Å². The average Bonchev–Trinajstić information content (AvgIpc) is 3.28. The molecule has 0 saturated carbocycles. The lowest BCUT2D eigenvalue weighted by Gasteiger charge is -2.35. The van der Waals surface area contributed by atoms with Gasteiger partial charge in [-0.25, -0.2) is 14.3 Å². The van der Waals surface area contributed by atoms with Crippen molar-refractivity contribution in [1.82, 2.24) is 23.6 Å². The fourth-order valence-corrected chi connectivity index (χ4v) is 4.80. The molecule has 2 aromatic heterocycles. The van der Waals surface area contributed by atoms with Crippen LogP contribution in [0.5, 0.6) is 0 Å². The molecule has 3 heterocycles. The van der Waals surface area contributed by atoms with Crippen LogP contribution in [-0.2, 0) is 29.2 Å². The zero-order valence-corrected chi connectivity index (χ0v) is 20.4. The highest BCUT2D eigenvalue weighted by Gasteiger charge is 2.27. The summed E-state index contributed by atoms with van der Waals surface area (Å²) < 4.78 is 9.99. The maximum atomic E-state index is 13.7. The van der Waals surface area contributed by atoms with Gasteiger partial charge in [0.2, 0.25) is 5.91 Å². The molecule has 0 N–H and O–H groups in total. The maximum absolute atomic E-state index is 13.7. The van der Waals surface area contributed by atoms with Gasteiger partial charge in [0.05, 0.1) is 25.1 Å². The minimum atomic E-state index is -0.552. The SMILES string of the molecule is C[C@H]1CN(C(=O)Cn2c(=O)c3c(ncn3Cc3ccccc3)n(Cc3ccccc3)c2=O)C[C@H](C)O1. The van der Waals surface area contributed by atoms with Crippen LogP contribution in [0.25, 0.3) is 11.2 Å². The van der Waals surface area contributed by atoms with E-state index in [2.05, 4.69) is 4.98 Å². The lowest BCUT2D eigenvalue weighted by molar-refractivity contribution is -0.143. The first-order valence-electron chi connectivity index (χ1n) is 12.1. The lowest BCUT2D eigenvalue weighted by atomic mass is 10.2. The number of aromatic nitrogens is 4. The third-order valence-corrected chi connectivity index (χ3v) is 6.43. The van der Waals surface area contributed by atoms with Crippen LogP contribution in [0.3, 0.4) is 0 Å². The molecule has 1 fully saturated rings. The van der Waals surface area contributed by atoms with Crippen molar-refractivity contribution < 1.29 is 9.53 Å². The summed E-state index contributed by atoms with van der Waals surface area (Å²) in [6.07, 6.45) is 1.36. The first kappa shape index (κ1) is 23.7. The number of hydrogen-bond acceptors (Lipinski definition) is 5. The van der Waals surface area contributed by atoms with Crippen LogP contribution in [0.1, 0.15) is 25.0 Å². The molecule has 1 aliphatic rings. The molecule has 1 saturated heterocycles. The molecule has 9 heteroatoms. The number of benzene rings is 2. The van der Waals surface area contributed by atoms with E-state index in [1.165, 1.54) is 4.57 Å². The lowest BCUT2D eigenvalue weighted by Crippen LogP contribution is -2.51. The number of imidazole rings is 1. The van der Waals surface area contributed by atoms with E-state index < -0.39 is 11.2 Å². The van der Waals surface area contributed by atoms with E-state index in [9.17, 15) is 14.4 Å². The van der Waals surface area contributed by atoms with Gasteiger partial charge in [0.25, 0.3) is 5.56 Å². The van der Waals surface area contributed by atoms with Gasteiger partial charge < -0.3 is 14.2 Å². The summed E-state index contributed by atoms with van der Waals surface area (Å²) in [5.74, 6) is -0.282. The monoisotopic (exact) mass is 487 g/mol. The van der Waals surface area contributed by atoms with Gasteiger partial charge in [-0.1, -0.05) is 60.7 Å². The molecule has 2 aromatic carbocycles. The highest BCUT2D eigenvalue weighted by molar-refractivity contribution is 5.77. The van der Waals surface area contributed by atoms with Crippen molar-refractivity contribution in [2.45, 2.75) is 45.7 Å². The van der Waals surface area contributed by atoms with Crippen molar-refractivity contribution in [2.24, 2.45) is 0 Å². The summed E-state index contributed by atoms with van der Waals surface area (Å²) in [5.41, 5.74) is 1.43. The molecule has 0 aliphatic carbocycles. The fraction of sp³-hybridized carbons (Fsp3) is 0.333. The number of fused-ring (bicyclic) bond motifs is 1. The zero-order chi connectivity index (χ0) is 25.2. The zero-order valence-electron chi connectivity index (χ0n) is 20.4. The minimum Gasteiger partial charge on any atom is -0.372 e. The maximum Gasteiger partial charge on any atom is 0.333 e. The van der Waals surface area contributed by atoms with Crippen molar-refractivity contribution in [1.29, 1.82) is 0 Å². The summed E-state index contributed by atoms with van der Waals surface area (Å²) in [7, 11) is 0. The Balaban J connectivity index is 1.60. The molecule has 2 atom stereocenters. The molecule has 0 bridgehead atoms. The molecule has 9 nitrogen and oxygen atoms in total. The molecule has 1 amide bonds. The van der Waals surface area contributed by atoms with Crippen LogP contribution in [0.2, 0.25) is 0 Å². The van der Waals surface area contributed by atoms with Gasteiger partial charge in [0, 0.05) is 19.6 Å². The van der Waals surface area contributed by atoms with Crippen molar-refractivity contribution in [2.75, 3.05) is 13.1 Å². The summed E-state index contributed by atoms with van der Waals surface area (Å²) in [5, 5.41) is 0. The fourth-order valence-electron chi connectivity index (χ4n) is 4.80. The molecule has 1 aliphatic heterocycles. The van der Waals surface area contributed by atoms with E-state index in [1.807, 2.05) is 74.5 Å². The second-order valence-corrected chi connectivity index (χ2v) is 9.33. The van der Waals surface area contributed by atoms with Crippen LogP contribution < -0.4 is 11.2 Å². The smallest absolute Gasteiger partial charge is 0.333 e. The van der Waals surface area contributed by atoms with Gasteiger partial charge in [-0.3, -0.25) is 14.2 Å². The van der Waals surface area contributed by atoms with Crippen molar-refractivity contribution in [3.8, 4) is 0 Å². The molecule has 5 rings (SSSR count). The largest absolute Gasteiger partial charge is 0.372 e. The molecular formula is C27H29N5O4. The first-order valence-corrected chi connectivity index (χ1v) is 12.1. The third kappa shape index (κ3) is 4.74. The topological polar surface area (TPSA) is 91.4 Å². The Morgan fingerprint density at radius 1 is 0.889 bits per heavy atom. The Kier molecular flexibility index (Phi) is 6.56. The number of ether oxygens (including phenoxy) is 1. The number of amides is 1. The van der Waals surface area contributed by atoms with Crippen molar-refractivity contribution in [3.05, 3.63) is 99.0 Å². The van der Waals surface area contributed by atoms with E-state index in [-0.39, 0.29) is 31.2 Å². The van der Waals surface area contributed by atoms with Crippen molar-refractivity contribution in [3.63, 3.8) is 0 Å². The Morgan fingerprint density at radius 2 is 1.47 bits per heavy atom. The second-order valence-electron chi connectivity index (χ2n) is 9.33. The van der Waals surface area contributed by atoms with Gasteiger partial charge in [0.1, 0.15) is 6.54 Å². The van der Waals surface area contributed by atoms with Gasteiger partial charge in [-0.2, -0.15) is 0 Å². The number of carbonyl (C=O) groups is 1. The van der Waals surface area contributed by atoms with E-state index >= 15 is 0 Å². The van der Waals surface area contributed by atoms with Crippen LogP contribution in [0.4, 0.5) is 0 Å². The summed E-state index contributed by atoms with van der Waals surface area (Å²) in [6, 6.07) is 19.2. The standard InChI is InChI=1S/C27H29N5O4/c1-19-13-29(14-20(2)36-19)23(33)17-32-26(34)24-25(28-18-30(24)15-21-9-5-3-6-10-21)31(27(32)35)16-22-11-7-4-8-12-22/h3-12,18-20H,13-17H2,1-2H3/t19-,20-/m0/s1. The Morgan fingerprint density at radius 3 is 2.08 bits per heavy atom. The summed E-state index contributed by atoms with van der Waals surface area (Å²) in [6.45, 7) is 4.97. The number of morpholine rings is 1. The highest BCUT2D eigenvalue weighted by Crippen LogP contribution is 2.14. The van der Waals surface area contributed by atoms with Crippen LogP contribution >= 0.6 is 0 Å². The number of nitrogens with zero attached hydrogens (tertiary/aromatic N) is 5. The Hall–Kier alpha value is -3.98. The van der Waals surface area contributed by atoms with Crippen LogP contribution in [0.15, 0.2) is 76.6 Å². The molecule has 186 valence electrons. The van der Waals surface area contributed by atoms with Crippen LogP contribution in [-0.4, -0.2) is 54.8 Å². The third-order valence-electron chi connectivity index (χ3n) is 6.43. The Labute approximate surface area is 208 Å². The molecule has 0 spiro atoms. The van der Waals surface area contributed by atoms with E-state index in [0.717, 1.165) is 15.7 Å². The van der Waals surface area contributed by atoms with Gasteiger partial charge in [-0.15, -0.1) is 0 Å². The van der Waals surface area contributed by atoms with Gasteiger partial charge in [0.15, 0.2) is 11.2 Å². The molecule has 0 radical (unpaired) electrons. The summed E-state index contributed by atoms with van der Waals surface area (Å²) in [4.78, 5) is 46.6. The summed E-state index contributed by atoms with van der Waals surface area (Å²) >= 11 is 0. The van der Waals surface area contributed by atoms with E-state index in [0.29, 0.717) is 30.8 Å². The van der Waals surface area contributed by atoms with E-state index in [4.69, 9.17) is 4.74 Å². The Bertz CT molecular complexity index is 1480. The van der Waals surface area contributed by atoms with Crippen LogP contribution in [0, 0.1) is 0 Å². The minimum absolute atomic E-state index is 0.112. The van der Waals surface area contributed by atoms with Crippen molar-refractivity contribution >= 4 is 17.1 Å². The highest BCUT2D eigenvalue weighted by atomic mass is 16.5. The van der Waals surface area contributed by atoms with E-state index in [1.54, 1.807) is 15.8 Å². The first-order chi connectivity index (χ1) is 17.4. The molecular weight excluding hydrogens is 458 g/mol. The number of carbonyl (C=O) groups excluding carboxylic acids is 1. The molecule has 36 heavy (non-hydrogen) atoms. The predicted molar refractivity (Wildman–Crippen MR) is 136 cm³/mol. The molecule has 0 unspecified atom stereocenters. The van der Waals surface area contributed by atoms with Gasteiger partial charge >= 0.3 is 5.69 Å². The normalized spacial score (nSPS) is 18.0.